The lowest BCUT2D eigenvalue weighted by atomic mass is 9.94. The molecule has 1 N–H and O–H groups in total. The van der Waals surface area contributed by atoms with E-state index in [-0.39, 0.29) is 23.6 Å². The molecule has 0 aromatic heterocycles. The molecule has 1 atom stereocenters. The van der Waals surface area contributed by atoms with Crippen LogP contribution < -0.4 is 5.32 Å². The minimum atomic E-state index is -0.267. The van der Waals surface area contributed by atoms with E-state index < -0.39 is 0 Å². The van der Waals surface area contributed by atoms with Crippen molar-refractivity contribution in [2.24, 2.45) is 11.8 Å². The van der Waals surface area contributed by atoms with E-state index in [0.29, 0.717) is 18.7 Å². The van der Waals surface area contributed by atoms with Crippen LogP contribution in [-0.4, -0.2) is 31.4 Å². The van der Waals surface area contributed by atoms with Gasteiger partial charge in [0.25, 0.3) is 0 Å². The van der Waals surface area contributed by atoms with Crippen LogP contribution >= 0.6 is 0 Å². The number of halogens is 1. The fraction of sp³-hybridized carbons (Fsp3) is 0.533. The van der Waals surface area contributed by atoms with Gasteiger partial charge in [0, 0.05) is 25.7 Å². The third-order valence-electron chi connectivity index (χ3n) is 3.29. The number of nitrogens with one attached hydrogen (secondary N) is 1. The molecular weight excluding hydrogens is 243 g/mol. The van der Waals surface area contributed by atoms with Crippen molar-refractivity contribution in [3.8, 4) is 0 Å². The topological polar surface area (TPSA) is 32.3 Å². The Labute approximate surface area is 114 Å². The van der Waals surface area contributed by atoms with Crippen LogP contribution in [0.4, 0.5) is 4.39 Å². The molecule has 0 aliphatic carbocycles. The van der Waals surface area contributed by atoms with Gasteiger partial charge in [-0.25, -0.2) is 4.39 Å². The third-order valence-corrected chi connectivity index (χ3v) is 3.29. The van der Waals surface area contributed by atoms with Gasteiger partial charge in [-0.3, -0.25) is 4.79 Å². The minimum absolute atomic E-state index is 0.0487. The molecule has 0 fully saturated rings. The van der Waals surface area contributed by atoms with E-state index in [2.05, 4.69) is 5.32 Å². The smallest absolute Gasteiger partial charge is 0.227 e. The second-order valence-electron chi connectivity index (χ2n) is 5.19. The number of rotatable bonds is 6. The maximum absolute atomic E-state index is 13.6. The summed E-state index contributed by atoms with van der Waals surface area (Å²) in [6, 6.07) is 6.56. The summed E-state index contributed by atoms with van der Waals surface area (Å²) in [4.78, 5) is 14.0. The normalized spacial score (nSPS) is 12.5. The molecule has 1 unspecified atom stereocenters. The van der Waals surface area contributed by atoms with Gasteiger partial charge in [0.15, 0.2) is 0 Å². The van der Waals surface area contributed by atoms with Crippen molar-refractivity contribution in [3.05, 3.63) is 35.6 Å². The molecule has 1 rings (SSSR count). The van der Waals surface area contributed by atoms with Crippen LogP contribution in [0.1, 0.15) is 19.4 Å². The van der Waals surface area contributed by atoms with Gasteiger partial charge in [-0.1, -0.05) is 32.0 Å². The van der Waals surface area contributed by atoms with Crippen molar-refractivity contribution in [1.82, 2.24) is 10.2 Å². The Bertz CT molecular complexity index is 420. The SMILES string of the molecule is CNCC(C(=O)N(C)Cc1ccccc1F)C(C)C. The fourth-order valence-corrected chi connectivity index (χ4v) is 2.07. The van der Waals surface area contributed by atoms with Crippen molar-refractivity contribution >= 4 is 5.91 Å². The Morgan fingerprint density at radius 1 is 1.37 bits per heavy atom. The molecule has 0 aliphatic heterocycles. The third kappa shape index (κ3) is 4.31. The van der Waals surface area contributed by atoms with E-state index in [4.69, 9.17) is 0 Å². The maximum Gasteiger partial charge on any atom is 0.227 e. The monoisotopic (exact) mass is 266 g/mol. The average molecular weight is 266 g/mol. The number of amides is 1. The highest BCUT2D eigenvalue weighted by Gasteiger charge is 2.24. The lowest BCUT2D eigenvalue weighted by Crippen LogP contribution is -2.39. The minimum Gasteiger partial charge on any atom is -0.341 e. The number of carbonyl (C=O) groups excluding carboxylic acids is 1. The first-order valence-corrected chi connectivity index (χ1v) is 6.60. The molecular formula is C15H23FN2O. The van der Waals surface area contributed by atoms with E-state index in [1.807, 2.05) is 20.9 Å². The van der Waals surface area contributed by atoms with Gasteiger partial charge >= 0.3 is 0 Å². The van der Waals surface area contributed by atoms with Crippen LogP contribution in [0.3, 0.4) is 0 Å². The van der Waals surface area contributed by atoms with Crippen molar-refractivity contribution in [2.75, 3.05) is 20.6 Å². The van der Waals surface area contributed by atoms with Gasteiger partial charge in [-0.15, -0.1) is 0 Å². The van der Waals surface area contributed by atoms with E-state index in [9.17, 15) is 9.18 Å². The number of hydrogen-bond acceptors (Lipinski definition) is 2. The molecule has 0 saturated heterocycles. The lowest BCUT2D eigenvalue weighted by molar-refractivity contribution is -0.136. The molecule has 1 aromatic carbocycles. The molecule has 0 spiro atoms. The van der Waals surface area contributed by atoms with Crippen molar-refractivity contribution in [2.45, 2.75) is 20.4 Å². The molecule has 0 bridgehead atoms. The molecule has 106 valence electrons. The predicted molar refractivity (Wildman–Crippen MR) is 75.1 cm³/mol. The van der Waals surface area contributed by atoms with Crippen LogP contribution in [0, 0.1) is 17.7 Å². The van der Waals surface area contributed by atoms with Crippen LogP contribution in [0.2, 0.25) is 0 Å². The highest BCUT2D eigenvalue weighted by molar-refractivity contribution is 5.79. The first-order chi connectivity index (χ1) is 8.97. The van der Waals surface area contributed by atoms with Crippen LogP contribution in [0.15, 0.2) is 24.3 Å². The van der Waals surface area contributed by atoms with E-state index in [1.165, 1.54) is 6.07 Å². The highest BCUT2D eigenvalue weighted by atomic mass is 19.1. The molecule has 1 amide bonds. The van der Waals surface area contributed by atoms with Gasteiger partial charge in [0.1, 0.15) is 5.82 Å². The first kappa shape index (κ1) is 15.6. The lowest BCUT2D eigenvalue weighted by Gasteiger charge is -2.26. The zero-order valence-electron chi connectivity index (χ0n) is 12.1. The first-order valence-electron chi connectivity index (χ1n) is 6.60. The number of nitrogens with zero attached hydrogens (tertiary/aromatic N) is 1. The average Bonchev–Trinajstić information content (AvgIpc) is 2.37. The molecule has 19 heavy (non-hydrogen) atoms. The van der Waals surface area contributed by atoms with Gasteiger partial charge in [0.2, 0.25) is 5.91 Å². The Hall–Kier alpha value is -1.42. The van der Waals surface area contributed by atoms with Gasteiger partial charge in [-0.05, 0) is 19.0 Å². The maximum atomic E-state index is 13.6. The Balaban J connectivity index is 2.74. The van der Waals surface area contributed by atoms with Crippen molar-refractivity contribution in [3.63, 3.8) is 0 Å². The molecule has 0 aliphatic rings. The molecule has 4 heteroatoms. The Morgan fingerprint density at radius 2 is 2.00 bits per heavy atom. The van der Waals surface area contributed by atoms with Gasteiger partial charge in [0.05, 0.1) is 5.92 Å². The Morgan fingerprint density at radius 3 is 2.53 bits per heavy atom. The van der Waals surface area contributed by atoms with Crippen molar-refractivity contribution in [1.29, 1.82) is 0 Å². The summed E-state index contributed by atoms with van der Waals surface area (Å²) < 4.78 is 13.6. The highest BCUT2D eigenvalue weighted by Crippen LogP contribution is 2.16. The summed E-state index contributed by atoms with van der Waals surface area (Å²) in [5.41, 5.74) is 0.547. The zero-order valence-corrected chi connectivity index (χ0v) is 12.1. The molecule has 0 radical (unpaired) electrons. The van der Waals surface area contributed by atoms with E-state index >= 15 is 0 Å². The van der Waals surface area contributed by atoms with Gasteiger partial charge < -0.3 is 10.2 Å². The van der Waals surface area contributed by atoms with E-state index in [1.54, 1.807) is 30.1 Å². The largest absolute Gasteiger partial charge is 0.341 e. The summed E-state index contributed by atoms with van der Waals surface area (Å²) >= 11 is 0. The summed E-state index contributed by atoms with van der Waals surface area (Å²) in [5, 5.41) is 3.04. The zero-order chi connectivity index (χ0) is 14.4. The van der Waals surface area contributed by atoms with Crippen LogP contribution in [0.25, 0.3) is 0 Å². The van der Waals surface area contributed by atoms with Gasteiger partial charge in [-0.2, -0.15) is 0 Å². The second kappa shape index (κ2) is 7.24. The summed E-state index contributed by atoms with van der Waals surface area (Å²) in [5.74, 6) is -0.0470. The summed E-state index contributed by atoms with van der Waals surface area (Å²) in [6.07, 6.45) is 0. The second-order valence-corrected chi connectivity index (χ2v) is 5.19. The Kier molecular flexibility index (Phi) is 5.96. The van der Waals surface area contributed by atoms with Crippen molar-refractivity contribution < 1.29 is 9.18 Å². The standard InChI is InChI=1S/C15H23FN2O/c1-11(2)13(9-17-3)15(19)18(4)10-12-7-5-6-8-14(12)16/h5-8,11,13,17H,9-10H2,1-4H3. The summed E-state index contributed by atoms with van der Waals surface area (Å²) in [7, 11) is 3.55. The quantitative estimate of drug-likeness (QED) is 0.856. The molecule has 0 saturated carbocycles. The number of benzene rings is 1. The molecule has 0 heterocycles. The molecule has 3 nitrogen and oxygen atoms in total. The van der Waals surface area contributed by atoms with Crippen LogP contribution in [0.5, 0.6) is 0 Å². The number of hydrogen-bond donors (Lipinski definition) is 1. The predicted octanol–water partition coefficient (Wildman–Crippen LogP) is 2.28. The summed E-state index contributed by atoms with van der Waals surface area (Å²) in [6.45, 7) is 4.99. The number of carbonyl (C=O) groups is 1. The van der Waals surface area contributed by atoms with E-state index in [0.717, 1.165) is 0 Å². The fourth-order valence-electron chi connectivity index (χ4n) is 2.07. The molecule has 1 aromatic rings. The van der Waals surface area contributed by atoms with Crippen LogP contribution in [-0.2, 0) is 11.3 Å².